The first-order valence-corrected chi connectivity index (χ1v) is 8.00. The molecule has 1 aromatic carbocycles. The summed E-state index contributed by atoms with van der Waals surface area (Å²) in [6, 6.07) is 14.8. The Balaban J connectivity index is 1.55. The van der Waals surface area contributed by atoms with Gasteiger partial charge in [-0.25, -0.2) is 0 Å². The molecule has 22 heavy (non-hydrogen) atoms. The summed E-state index contributed by atoms with van der Waals surface area (Å²) < 4.78 is 2.18. The van der Waals surface area contributed by atoms with Gasteiger partial charge >= 0.3 is 0 Å². The molecule has 1 unspecified atom stereocenters. The van der Waals surface area contributed by atoms with E-state index in [1.54, 1.807) is 0 Å². The van der Waals surface area contributed by atoms with Crippen molar-refractivity contribution in [2.45, 2.75) is 25.4 Å². The van der Waals surface area contributed by atoms with Gasteiger partial charge in [0.2, 0.25) is 0 Å². The van der Waals surface area contributed by atoms with Crippen LogP contribution in [-0.4, -0.2) is 23.6 Å². The number of carbonyl (C=O) groups excluding carboxylic acids is 1. The average molecular weight is 298 g/mol. The zero-order valence-corrected chi connectivity index (χ0v) is 13.1. The van der Waals surface area contributed by atoms with Gasteiger partial charge in [-0.05, 0) is 17.7 Å². The summed E-state index contributed by atoms with van der Waals surface area (Å²) in [5.74, 6) is 0.139. The zero-order valence-electron chi connectivity index (χ0n) is 13.1. The number of benzene rings is 1. The number of amides is 1. The van der Waals surface area contributed by atoms with E-state index >= 15 is 0 Å². The number of nitrogens with one attached hydrogen (secondary N) is 2. The van der Waals surface area contributed by atoms with Crippen LogP contribution in [0.1, 0.15) is 30.1 Å². The molecule has 0 spiro atoms. The molecule has 1 saturated heterocycles. The van der Waals surface area contributed by atoms with E-state index in [9.17, 15) is 4.79 Å². The number of hydrogen-bond acceptors (Lipinski definition) is 1. The van der Waals surface area contributed by atoms with E-state index in [-0.39, 0.29) is 5.91 Å². The summed E-state index contributed by atoms with van der Waals surface area (Å²) in [7, 11) is 2.08. The molecule has 2 N–H and O–H groups in total. The van der Waals surface area contributed by atoms with Gasteiger partial charge in [0.05, 0.1) is 12.2 Å². The van der Waals surface area contributed by atoms with Crippen molar-refractivity contribution in [3.63, 3.8) is 0 Å². The van der Waals surface area contributed by atoms with E-state index in [0.29, 0.717) is 19.1 Å². The van der Waals surface area contributed by atoms with Gasteiger partial charge in [-0.15, -0.1) is 0 Å². The van der Waals surface area contributed by atoms with E-state index in [1.165, 1.54) is 23.4 Å². The Labute approximate surface area is 131 Å². The van der Waals surface area contributed by atoms with Crippen molar-refractivity contribution in [1.29, 1.82) is 0 Å². The van der Waals surface area contributed by atoms with Gasteiger partial charge in [0.25, 0.3) is 5.91 Å². The first-order valence-electron chi connectivity index (χ1n) is 8.00. The van der Waals surface area contributed by atoms with Crippen LogP contribution in [0, 0.1) is 0 Å². The number of nitrogens with zero attached hydrogens (tertiary/aromatic N) is 1. The maximum Gasteiger partial charge on any atom is 0.275 e. The van der Waals surface area contributed by atoms with Gasteiger partial charge in [-0.2, -0.15) is 0 Å². The van der Waals surface area contributed by atoms with Crippen molar-refractivity contribution in [3.05, 3.63) is 59.9 Å². The molecule has 1 aromatic heterocycles. The maximum atomic E-state index is 12.2. The molecular formula is C18H24N3O+. The van der Waals surface area contributed by atoms with E-state index < -0.39 is 0 Å². The molecule has 0 saturated carbocycles. The Hall–Kier alpha value is -2.07. The third-order valence-electron chi connectivity index (χ3n) is 4.54. The smallest absolute Gasteiger partial charge is 0.275 e. The van der Waals surface area contributed by atoms with Crippen LogP contribution in [0.4, 0.5) is 0 Å². The molecule has 2 aromatic rings. The highest BCUT2D eigenvalue weighted by molar-refractivity contribution is 5.76. The normalized spacial score (nSPS) is 21.0. The molecule has 0 bridgehead atoms. The Morgan fingerprint density at radius 3 is 2.82 bits per heavy atom. The minimum absolute atomic E-state index is 0.139. The summed E-state index contributed by atoms with van der Waals surface area (Å²) in [5, 5.41) is 3.04. The van der Waals surface area contributed by atoms with E-state index in [4.69, 9.17) is 0 Å². The lowest BCUT2D eigenvalue weighted by Gasteiger charge is -2.21. The van der Waals surface area contributed by atoms with Gasteiger partial charge < -0.3 is 14.8 Å². The number of likely N-dealkylation sites (tertiary alicyclic amines) is 1. The lowest BCUT2D eigenvalue weighted by molar-refractivity contribution is -0.911. The fraction of sp³-hybridized carbons (Fsp3) is 0.389. The number of aryl methyl sites for hydroxylation is 1. The molecule has 4 heteroatoms. The van der Waals surface area contributed by atoms with Gasteiger partial charge in [-0.3, -0.25) is 4.79 Å². The molecule has 3 rings (SSSR count). The first kappa shape index (κ1) is 14.9. The molecule has 1 amide bonds. The molecular weight excluding hydrogens is 274 g/mol. The van der Waals surface area contributed by atoms with Crippen LogP contribution >= 0.6 is 0 Å². The van der Waals surface area contributed by atoms with E-state index in [2.05, 4.69) is 35.3 Å². The molecule has 2 heterocycles. The largest absolute Gasteiger partial charge is 0.350 e. The van der Waals surface area contributed by atoms with Crippen molar-refractivity contribution >= 4 is 5.91 Å². The van der Waals surface area contributed by atoms with Crippen LogP contribution in [0.15, 0.2) is 48.7 Å². The van der Waals surface area contributed by atoms with Crippen LogP contribution in [0.25, 0.3) is 0 Å². The lowest BCUT2D eigenvalue weighted by atomic mass is 10.1. The molecule has 0 aliphatic carbocycles. The lowest BCUT2D eigenvalue weighted by Crippen LogP contribution is -3.11. The van der Waals surface area contributed by atoms with Crippen LogP contribution < -0.4 is 10.2 Å². The topological polar surface area (TPSA) is 38.5 Å². The van der Waals surface area contributed by atoms with Gasteiger partial charge in [0, 0.05) is 32.6 Å². The highest BCUT2D eigenvalue weighted by atomic mass is 16.2. The van der Waals surface area contributed by atoms with Crippen molar-refractivity contribution in [2.75, 3.05) is 13.1 Å². The van der Waals surface area contributed by atoms with E-state index in [0.717, 1.165) is 12.1 Å². The summed E-state index contributed by atoms with van der Waals surface area (Å²) >= 11 is 0. The second kappa shape index (κ2) is 6.79. The Morgan fingerprint density at radius 2 is 2.09 bits per heavy atom. The number of rotatable bonds is 5. The van der Waals surface area contributed by atoms with Crippen molar-refractivity contribution < 1.29 is 9.69 Å². The second-order valence-corrected chi connectivity index (χ2v) is 6.09. The third-order valence-corrected chi connectivity index (χ3v) is 4.54. The van der Waals surface area contributed by atoms with Gasteiger partial charge in [0.1, 0.15) is 6.04 Å². The van der Waals surface area contributed by atoms with Crippen LogP contribution in [-0.2, 0) is 18.4 Å². The van der Waals surface area contributed by atoms with Gasteiger partial charge in [0.15, 0.2) is 6.54 Å². The summed E-state index contributed by atoms with van der Waals surface area (Å²) in [6.45, 7) is 2.25. The highest BCUT2D eigenvalue weighted by Crippen LogP contribution is 2.18. The standard InChI is InChI=1S/C18H23N3O/c1-20-11-5-9-16(20)17-10-6-12-21(17)14-18(22)19-13-15-7-3-2-4-8-15/h2-5,7-9,11,17H,6,10,12-14H2,1H3,(H,19,22)/p+1/t17-/m0/s1. The van der Waals surface area contributed by atoms with Crippen molar-refractivity contribution in [1.82, 2.24) is 9.88 Å². The summed E-state index contributed by atoms with van der Waals surface area (Å²) in [5.41, 5.74) is 2.48. The Bertz CT molecular complexity index is 620. The molecule has 1 fully saturated rings. The minimum Gasteiger partial charge on any atom is -0.350 e. The monoisotopic (exact) mass is 298 g/mol. The predicted molar refractivity (Wildman–Crippen MR) is 86.4 cm³/mol. The predicted octanol–water partition coefficient (Wildman–Crippen LogP) is 1.06. The Morgan fingerprint density at radius 1 is 1.27 bits per heavy atom. The fourth-order valence-electron chi connectivity index (χ4n) is 3.38. The SMILES string of the molecule is Cn1cccc1[C@@H]1CCC[NH+]1CC(=O)NCc1ccccc1. The number of hydrogen-bond donors (Lipinski definition) is 2. The number of carbonyl (C=O) groups is 1. The summed E-state index contributed by atoms with van der Waals surface area (Å²) in [6.07, 6.45) is 4.44. The van der Waals surface area contributed by atoms with Crippen molar-refractivity contribution in [3.8, 4) is 0 Å². The van der Waals surface area contributed by atoms with Crippen LogP contribution in [0.3, 0.4) is 0 Å². The van der Waals surface area contributed by atoms with Crippen LogP contribution in [0.5, 0.6) is 0 Å². The molecule has 116 valence electrons. The van der Waals surface area contributed by atoms with Crippen molar-refractivity contribution in [2.24, 2.45) is 7.05 Å². The number of aromatic nitrogens is 1. The van der Waals surface area contributed by atoms with Crippen LogP contribution in [0.2, 0.25) is 0 Å². The molecule has 4 nitrogen and oxygen atoms in total. The Kier molecular flexibility index (Phi) is 4.59. The quantitative estimate of drug-likeness (QED) is 0.851. The first-order chi connectivity index (χ1) is 10.7. The zero-order chi connectivity index (χ0) is 15.4. The molecule has 2 atom stereocenters. The molecule has 1 aliphatic heterocycles. The molecule has 1 aliphatic rings. The number of quaternary nitrogens is 1. The summed E-state index contributed by atoms with van der Waals surface area (Å²) in [4.78, 5) is 13.6. The third kappa shape index (κ3) is 3.39. The van der Waals surface area contributed by atoms with Gasteiger partial charge in [-0.1, -0.05) is 30.3 Å². The maximum absolute atomic E-state index is 12.2. The average Bonchev–Trinajstić information content (AvgIpc) is 3.15. The minimum atomic E-state index is 0.139. The highest BCUT2D eigenvalue weighted by Gasteiger charge is 2.32. The molecule has 0 radical (unpaired) electrons. The fourth-order valence-corrected chi connectivity index (χ4v) is 3.38. The van der Waals surface area contributed by atoms with E-state index in [1.807, 2.05) is 30.3 Å². The second-order valence-electron chi connectivity index (χ2n) is 6.09.